The summed E-state index contributed by atoms with van der Waals surface area (Å²) in [4.78, 5) is 13.4. The van der Waals surface area contributed by atoms with Gasteiger partial charge in [0.15, 0.2) is 6.23 Å². The predicted octanol–water partition coefficient (Wildman–Crippen LogP) is 2.23. The summed E-state index contributed by atoms with van der Waals surface area (Å²) < 4.78 is 5.52. The molecule has 1 unspecified atom stereocenters. The van der Waals surface area contributed by atoms with E-state index in [1.165, 1.54) is 0 Å². The van der Waals surface area contributed by atoms with Crippen LogP contribution in [0.5, 0.6) is 0 Å². The Kier molecular flexibility index (Phi) is 3.72. The van der Waals surface area contributed by atoms with E-state index in [2.05, 4.69) is 0 Å². The maximum absolute atomic E-state index is 11.7. The molecule has 15 heavy (non-hydrogen) atoms. The maximum Gasteiger partial charge on any atom is 0.256 e. The molecule has 1 heterocycles. The van der Waals surface area contributed by atoms with Gasteiger partial charge >= 0.3 is 0 Å². The monoisotopic (exact) mass is 227 g/mol. The van der Waals surface area contributed by atoms with Crippen LogP contribution in [0.4, 0.5) is 0 Å². The number of hydrogen-bond acceptors (Lipinski definition) is 2. The van der Waals surface area contributed by atoms with E-state index in [0.29, 0.717) is 6.61 Å². The lowest BCUT2D eigenvalue weighted by Gasteiger charge is -2.19. The highest BCUT2D eigenvalue weighted by Gasteiger charge is 2.33. The molecule has 2 rings (SSSR count). The zero-order chi connectivity index (χ0) is 10.1. The molecule has 1 amide bonds. The highest BCUT2D eigenvalue weighted by Crippen LogP contribution is 2.32. The molecule has 0 saturated carbocycles. The average Bonchev–Trinajstić information content (AvgIpc) is 2.45. The molecule has 1 aliphatic heterocycles. The maximum atomic E-state index is 11.7. The van der Waals surface area contributed by atoms with Gasteiger partial charge < -0.3 is 9.64 Å². The molecule has 0 spiro atoms. The second-order valence-corrected chi connectivity index (χ2v) is 3.31. The summed E-state index contributed by atoms with van der Waals surface area (Å²) in [5.74, 6) is 0.0408. The van der Waals surface area contributed by atoms with Gasteiger partial charge in [0.1, 0.15) is 0 Å². The van der Waals surface area contributed by atoms with Gasteiger partial charge in [0.2, 0.25) is 0 Å². The predicted molar refractivity (Wildman–Crippen MR) is 60.2 cm³/mol. The normalized spacial score (nSPS) is 18.7. The number of nitrogens with zero attached hydrogens (tertiary/aromatic N) is 1. The van der Waals surface area contributed by atoms with Crippen LogP contribution in [0.1, 0.15) is 29.1 Å². The third kappa shape index (κ3) is 1.85. The van der Waals surface area contributed by atoms with Gasteiger partial charge in [-0.1, -0.05) is 18.2 Å². The molecule has 1 aliphatic rings. The van der Waals surface area contributed by atoms with Crippen LogP contribution in [0.15, 0.2) is 24.3 Å². The lowest BCUT2D eigenvalue weighted by Crippen LogP contribution is -2.24. The second-order valence-electron chi connectivity index (χ2n) is 3.31. The van der Waals surface area contributed by atoms with Crippen molar-refractivity contribution >= 4 is 18.3 Å². The molecule has 1 aromatic rings. The molecule has 0 N–H and O–H groups in total. The second kappa shape index (κ2) is 4.64. The van der Waals surface area contributed by atoms with Crippen LogP contribution in [0.25, 0.3) is 0 Å². The molecule has 0 aliphatic carbocycles. The van der Waals surface area contributed by atoms with Gasteiger partial charge in [0.05, 0.1) is 0 Å². The minimum absolute atomic E-state index is 0. The van der Waals surface area contributed by atoms with Gasteiger partial charge in [-0.3, -0.25) is 4.79 Å². The molecule has 3 nitrogen and oxygen atoms in total. The van der Waals surface area contributed by atoms with E-state index in [-0.39, 0.29) is 24.5 Å². The summed E-state index contributed by atoms with van der Waals surface area (Å²) in [6.07, 6.45) is -0.205. The molecular formula is C11H14ClNO2. The average molecular weight is 228 g/mol. The van der Waals surface area contributed by atoms with E-state index in [4.69, 9.17) is 4.74 Å². The Labute approximate surface area is 95.4 Å². The number of benzene rings is 1. The Balaban J connectivity index is 0.00000112. The number of carbonyl (C=O) groups excluding carboxylic acids is 1. The third-order valence-corrected chi connectivity index (χ3v) is 2.45. The molecule has 0 saturated heterocycles. The minimum Gasteiger partial charge on any atom is -0.354 e. The van der Waals surface area contributed by atoms with Crippen LogP contribution in [0, 0.1) is 0 Å². The number of hydrogen-bond donors (Lipinski definition) is 0. The van der Waals surface area contributed by atoms with Crippen molar-refractivity contribution in [2.24, 2.45) is 0 Å². The quantitative estimate of drug-likeness (QED) is 0.776. The number of fused-ring (bicyclic) bond motifs is 1. The molecule has 1 aromatic carbocycles. The van der Waals surface area contributed by atoms with E-state index in [1.807, 2.05) is 31.2 Å². The Morgan fingerprint density at radius 1 is 1.40 bits per heavy atom. The summed E-state index contributed by atoms with van der Waals surface area (Å²) in [6, 6.07) is 7.58. The van der Waals surface area contributed by atoms with E-state index in [0.717, 1.165) is 11.1 Å². The van der Waals surface area contributed by atoms with Gasteiger partial charge in [0.25, 0.3) is 5.91 Å². The van der Waals surface area contributed by atoms with E-state index >= 15 is 0 Å². The summed E-state index contributed by atoms with van der Waals surface area (Å²) in [5.41, 5.74) is 1.73. The van der Waals surface area contributed by atoms with Crippen molar-refractivity contribution in [3.8, 4) is 0 Å². The molecule has 0 aromatic heterocycles. The fourth-order valence-corrected chi connectivity index (χ4v) is 1.77. The van der Waals surface area contributed by atoms with Crippen molar-refractivity contribution in [3.05, 3.63) is 35.4 Å². The zero-order valence-corrected chi connectivity index (χ0v) is 9.58. The third-order valence-electron chi connectivity index (χ3n) is 2.45. The van der Waals surface area contributed by atoms with E-state index in [9.17, 15) is 4.79 Å². The minimum atomic E-state index is -0.205. The van der Waals surface area contributed by atoms with Crippen LogP contribution in [-0.2, 0) is 4.74 Å². The van der Waals surface area contributed by atoms with Crippen molar-refractivity contribution in [1.82, 2.24) is 4.90 Å². The van der Waals surface area contributed by atoms with Gasteiger partial charge in [-0.2, -0.15) is 0 Å². The van der Waals surface area contributed by atoms with Crippen LogP contribution in [0.2, 0.25) is 0 Å². The molecule has 4 heteroatoms. The standard InChI is InChI=1S/C11H13NO2.ClH/c1-3-14-11-9-7-5-4-6-8(9)10(13)12(11)2;/h4-7,11H,3H2,1-2H3;1H. The highest BCUT2D eigenvalue weighted by molar-refractivity contribution is 5.98. The summed E-state index contributed by atoms with van der Waals surface area (Å²) in [7, 11) is 1.77. The molecule has 0 bridgehead atoms. The largest absolute Gasteiger partial charge is 0.354 e. The lowest BCUT2D eigenvalue weighted by molar-refractivity contribution is -0.0234. The van der Waals surface area contributed by atoms with E-state index in [1.54, 1.807) is 11.9 Å². The van der Waals surface area contributed by atoms with Gasteiger partial charge in [0, 0.05) is 24.8 Å². The summed E-state index contributed by atoms with van der Waals surface area (Å²) in [5, 5.41) is 0. The fourth-order valence-electron chi connectivity index (χ4n) is 1.77. The van der Waals surface area contributed by atoms with E-state index < -0.39 is 0 Å². The Bertz CT molecular complexity index is 367. The molecule has 1 atom stereocenters. The molecule has 0 fully saturated rings. The fraction of sp³-hybridized carbons (Fsp3) is 0.364. The first-order valence-corrected chi connectivity index (χ1v) is 4.73. The smallest absolute Gasteiger partial charge is 0.256 e. The van der Waals surface area contributed by atoms with Crippen molar-refractivity contribution in [2.45, 2.75) is 13.2 Å². The van der Waals surface area contributed by atoms with Crippen molar-refractivity contribution in [3.63, 3.8) is 0 Å². The number of amides is 1. The molecule has 82 valence electrons. The summed E-state index contributed by atoms with van der Waals surface area (Å²) >= 11 is 0. The first kappa shape index (κ1) is 12.0. The lowest BCUT2D eigenvalue weighted by atomic mass is 10.1. The summed E-state index contributed by atoms with van der Waals surface area (Å²) in [6.45, 7) is 2.54. The number of ether oxygens (including phenoxy) is 1. The molecule has 0 radical (unpaired) electrons. The Hall–Kier alpha value is -1.06. The first-order chi connectivity index (χ1) is 6.75. The van der Waals surface area contributed by atoms with Gasteiger partial charge in [-0.15, -0.1) is 12.4 Å². The highest BCUT2D eigenvalue weighted by atomic mass is 35.5. The first-order valence-electron chi connectivity index (χ1n) is 4.73. The number of carbonyl (C=O) groups is 1. The Morgan fingerprint density at radius 3 is 2.73 bits per heavy atom. The van der Waals surface area contributed by atoms with Crippen LogP contribution in [0.3, 0.4) is 0 Å². The van der Waals surface area contributed by atoms with Crippen LogP contribution >= 0.6 is 12.4 Å². The van der Waals surface area contributed by atoms with Gasteiger partial charge in [-0.05, 0) is 13.0 Å². The van der Waals surface area contributed by atoms with Crippen molar-refractivity contribution < 1.29 is 9.53 Å². The topological polar surface area (TPSA) is 29.5 Å². The Morgan fingerprint density at radius 2 is 2.07 bits per heavy atom. The van der Waals surface area contributed by atoms with Gasteiger partial charge in [-0.25, -0.2) is 0 Å². The number of halogens is 1. The van der Waals surface area contributed by atoms with Crippen molar-refractivity contribution in [1.29, 1.82) is 0 Å². The molecular weight excluding hydrogens is 214 g/mol. The number of rotatable bonds is 2. The zero-order valence-electron chi connectivity index (χ0n) is 8.77. The van der Waals surface area contributed by atoms with Crippen molar-refractivity contribution in [2.75, 3.05) is 13.7 Å². The van der Waals surface area contributed by atoms with Crippen LogP contribution < -0.4 is 0 Å². The SMILES string of the molecule is CCOC1c2ccccc2C(=O)N1C.Cl. The van der Waals surface area contributed by atoms with Crippen LogP contribution in [-0.4, -0.2) is 24.5 Å².